The minimum absolute atomic E-state index is 0.331. The van der Waals surface area contributed by atoms with Gasteiger partial charge in [0.25, 0.3) is 6.71 Å². The summed E-state index contributed by atoms with van der Waals surface area (Å²) in [4.78, 5) is 5.29. The highest BCUT2D eigenvalue weighted by Crippen LogP contribution is 2.56. The summed E-state index contributed by atoms with van der Waals surface area (Å²) in [5, 5.41) is 8.93. The van der Waals surface area contributed by atoms with Crippen LogP contribution in [0.2, 0.25) is 0 Å². The van der Waals surface area contributed by atoms with Crippen molar-refractivity contribution in [2.24, 2.45) is 0 Å². The van der Waals surface area contributed by atoms with Crippen LogP contribution in [0.4, 0.5) is 34.1 Å². The molecule has 0 aliphatic carbocycles. The van der Waals surface area contributed by atoms with Crippen molar-refractivity contribution in [1.82, 2.24) is 4.57 Å². The van der Waals surface area contributed by atoms with Gasteiger partial charge in [0.15, 0.2) is 0 Å². The van der Waals surface area contributed by atoms with Crippen LogP contribution in [0, 0.1) is 0 Å². The highest BCUT2D eigenvalue weighted by molar-refractivity contribution is 7.26. The number of furan rings is 2. The van der Waals surface area contributed by atoms with E-state index in [2.05, 4.69) is 415 Å². The topological polar surface area (TPSA) is 37.7 Å². The Balaban J connectivity index is 0.817. The molecule has 24 rings (SSSR count). The highest BCUT2D eigenvalue weighted by Gasteiger charge is 2.47. The van der Waals surface area contributed by atoms with Crippen LogP contribution in [0.5, 0.6) is 0 Å². The number of rotatable bonds is 11. The number of aromatic nitrogens is 1. The molecule has 7 heteroatoms. The first-order valence-electron chi connectivity index (χ1n) is 39.4. The minimum Gasteiger partial charge on any atom is -0.456 e. The average molecular weight is 1480 g/mol. The Bertz CT molecular complexity index is 7550. The molecule has 534 valence electrons. The summed E-state index contributed by atoms with van der Waals surface area (Å²) >= 11 is 1.89. The maximum atomic E-state index is 7.24. The second kappa shape index (κ2) is 25.9. The Kier molecular flexibility index (Phi) is 14.7. The summed E-state index contributed by atoms with van der Waals surface area (Å²) in [6.45, 7) is -0.331. The zero-order chi connectivity index (χ0) is 75.3. The van der Waals surface area contributed by atoms with Gasteiger partial charge in [-0.2, -0.15) is 0 Å². The molecule has 0 bridgehead atoms. The van der Waals surface area contributed by atoms with Gasteiger partial charge in [0.2, 0.25) is 0 Å². The van der Waals surface area contributed by atoms with Gasteiger partial charge in [0, 0.05) is 59.8 Å². The second-order valence-corrected chi connectivity index (χ2v) is 31.6. The first-order chi connectivity index (χ1) is 57.0. The van der Waals surface area contributed by atoms with E-state index in [0.717, 1.165) is 184 Å². The maximum Gasteiger partial charge on any atom is 0.252 e. The second-order valence-electron chi connectivity index (χ2n) is 30.5. The largest absolute Gasteiger partial charge is 0.456 e. The molecule has 0 N–H and O–H groups in total. The van der Waals surface area contributed by atoms with Crippen molar-refractivity contribution in [3.05, 3.63) is 400 Å². The molecule has 115 heavy (non-hydrogen) atoms. The van der Waals surface area contributed by atoms with Gasteiger partial charge in [0.1, 0.15) is 22.3 Å². The van der Waals surface area contributed by atoms with E-state index in [9.17, 15) is 0 Å². The smallest absolute Gasteiger partial charge is 0.252 e. The molecule has 0 atom stereocenters. The van der Waals surface area contributed by atoms with Crippen LogP contribution in [0.15, 0.2) is 409 Å². The Labute approximate surface area is 668 Å². The number of hydrogen-bond acceptors (Lipinski definition) is 5. The minimum atomic E-state index is -0.331. The molecule has 0 saturated heterocycles. The molecule has 0 unspecified atom stereocenters. The van der Waals surface area contributed by atoms with Gasteiger partial charge in [-0.3, -0.25) is 0 Å². The number of nitrogens with zero attached hydrogens (tertiary/aromatic N) is 3. The Morgan fingerprint density at radius 1 is 0.235 bits per heavy atom. The molecule has 6 heterocycles. The Hall–Kier alpha value is -14.8. The molecule has 0 saturated carbocycles. The number of thiophene rings is 1. The molecule has 4 aromatic heterocycles. The van der Waals surface area contributed by atoms with Gasteiger partial charge < -0.3 is 23.2 Å². The third-order valence-electron chi connectivity index (χ3n) is 24.1. The summed E-state index contributed by atoms with van der Waals surface area (Å²) in [6, 6.07) is 148. The van der Waals surface area contributed by atoms with Crippen LogP contribution in [-0.2, 0) is 0 Å². The van der Waals surface area contributed by atoms with E-state index >= 15 is 0 Å². The van der Waals surface area contributed by atoms with Crippen LogP contribution in [0.1, 0.15) is 0 Å². The number of para-hydroxylation sites is 2. The molecular formula is C108H66BN3O2S. The molecule has 18 aromatic carbocycles. The first kappa shape index (κ1) is 65.0. The molecule has 0 fully saturated rings. The molecule has 5 nitrogen and oxygen atoms in total. The van der Waals surface area contributed by atoms with Crippen molar-refractivity contribution in [2.75, 3.05) is 9.80 Å². The molecule has 2 aliphatic rings. The van der Waals surface area contributed by atoms with Crippen molar-refractivity contribution < 1.29 is 8.83 Å². The number of hydrogen-bond donors (Lipinski definition) is 0. The van der Waals surface area contributed by atoms with Crippen LogP contribution < -0.4 is 26.2 Å². The summed E-state index contributed by atoms with van der Waals surface area (Å²) < 4.78 is 19.4. The van der Waals surface area contributed by atoms with Crippen molar-refractivity contribution in [3.63, 3.8) is 0 Å². The predicted molar refractivity (Wildman–Crippen MR) is 486 cm³/mol. The summed E-state index contributed by atoms with van der Waals surface area (Å²) in [5.74, 6) is 0. The van der Waals surface area contributed by atoms with E-state index < -0.39 is 0 Å². The van der Waals surface area contributed by atoms with Crippen molar-refractivity contribution in [3.8, 4) is 94.7 Å². The van der Waals surface area contributed by atoms with Gasteiger partial charge in [-0.15, -0.1) is 11.3 Å². The van der Waals surface area contributed by atoms with Crippen molar-refractivity contribution in [1.29, 1.82) is 0 Å². The monoisotopic (exact) mass is 1480 g/mol. The normalized spacial score (nSPS) is 12.5. The molecule has 2 aliphatic heterocycles. The van der Waals surface area contributed by atoms with Gasteiger partial charge in [-0.1, -0.05) is 267 Å². The number of anilines is 6. The fourth-order valence-electron chi connectivity index (χ4n) is 19.0. The van der Waals surface area contributed by atoms with E-state index in [1.165, 1.54) is 47.3 Å². The molecule has 22 aromatic rings. The van der Waals surface area contributed by atoms with E-state index in [4.69, 9.17) is 8.83 Å². The van der Waals surface area contributed by atoms with Crippen molar-refractivity contribution in [2.45, 2.75) is 0 Å². The zero-order valence-corrected chi connectivity index (χ0v) is 63.1. The molecule has 0 spiro atoms. The number of fused-ring (bicyclic) bond motifs is 17. The Morgan fingerprint density at radius 3 is 1.15 bits per heavy atom. The lowest BCUT2D eigenvalue weighted by Gasteiger charge is -2.45. The predicted octanol–water partition coefficient (Wildman–Crippen LogP) is 28.4. The quantitative estimate of drug-likeness (QED) is 0.121. The van der Waals surface area contributed by atoms with Crippen LogP contribution in [0.25, 0.3) is 181 Å². The highest BCUT2D eigenvalue weighted by atomic mass is 32.1. The third kappa shape index (κ3) is 10.3. The lowest BCUT2D eigenvalue weighted by molar-refractivity contribution is 0.668. The maximum absolute atomic E-state index is 7.24. The van der Waals surface area contributed by atoms with Gasteiger partial charge >= 0.3 is 0 Å². The zero-order valence-electron chi connectivity index (χ0n) is 62.2. The average Bonchev–Trinajstić information content (AvgIpc) is 1.66. The molecular weight excluding hydrogens is 1410 g/mol. The Morgan fingerprint density at radius 2 is 0.652 bits per heavy atom. The van der Waals surface area contributed by atoms with E-state index in [1.54, 1.807) is 0 Å². The fourth-order valence-corrected chi connectivity index (χ4v) is 20.2. The van der Waals surface area contributed by atoms with Crippen molar-refractivity contribution >= 4 is 154 Å². The SMILES string of the molecule is c1ccc(-c2cc(-c3ccccc3)cc(-c3ccc4oc5cccc(N6c7cc(-c8ccccc8)c(-c8ccccc8)cc7B7c8cc(-n9c%10ccccc%10c%10ccccc%109)ccc8N(c8cccc9oc%10ccc(-c%11cc(-c%12ccccc%12)cc(-c%12ccccc%12)c%11)cc%10c89)c8c7c6cc6c8sc7ccccc76)c5c4c3)c2)cc1. The van der Waals surface area contributed by atoms with Gasteiger partial charge in [0.05, 0.1) is 43.6 Å². The third-order valence-corrected chi connectivity index (χ3v) is 25.3. The van der Waals surface area contributed by atoms with E-state index in [1.807, 2.05) is 11.3 Å². The standard InChI is InChI=1S/C108H66BN3O2S/c1-7-27-67(28-8-1)75-55-76(68-29-9-2-10-30-68)58-79(57-75)73-49-53-99-88(61-73)104-95(44-25-46-101(104)113-99)111-97-65-86(72-37-17-6-18-38-72)85(71-35-15-5-16-36-71)64-91(97)109-90-63-81(110-92-42-22-19-39-82(92)83-40-20-23-43-93(83)110)51-52-94(90)112(107-106(109)98(111)66-87-84-41-21-24-48-103(84)115-108(87)107)96-45-26-47-102-105(96)89-62-74(50-54-100(89)114-102)80-59-77(69-31-11-3-12-32-69)56-78(60-80)70-33-13-4-14-34-70/h1-66H. The fraction of sp³-hybridized carbons (Fsp3) is 0. The van der Waals surface area contributed by atoms with Gasteiger partial charge in [-0.25, -0.2) is 0 Å². The van der Waals surface area contributed by atoms with Gasteiger partial charge in [-0.05, 0) is 239 Å². The summed E-state index contributed by atoms with van der Waals surface area (Å²) in [7, 11) is 0. The van der Waals surface area contributed by atoms with E-state index in [0.29, 0.717) is 0 Å². The summed E-state index contributed by atoms with van der Waals surface area (Å²) in [5.41, 5.74) is 34.9. The van der Waals surface area contributed by atoms with Crippen LogP contribution in [-0.4, -0.2) is 11.3 Å². The summed E-state index contributed by atoms with van der Waals surface area (Å²) in [6.07, 6.45) is 0. The van der Waals surface area contributed by atoms with Crippen LogP contribution >= 0.6 is 11.3 Å². The number of benzene rings is 18. The van der Waals surface area contributed by atoms with E-state index in [-0.39, 0.29) is 6.71 Å². The lowest BCUT2D eigenvalue weighted by Crippen LogP contribution is -2.61. The molecule has 0 amide bonds. The first-order valence-corrected chi connectivity index (χ1v) is 40.3. The van der Waals surface area contributed by atoms with Crippen LogP contribution in [0.3, 0.4) is 0 Å². The molecule has 0 radical (unpaired) electrons. The lowest BCUT2D eigenvalue weighted by atomic mass is 9.33.